The van der Waals surface area contributed by atoms with Crippen molar-refractivity contribution >= 4 is 15.9 Å². The van der Waals surface area contributed by atoms with Crippen molar-refractivity contribution in [2.24, 2.45) is 0 Å². The Balaban J connectivity index is 1.67. The number of hydrogen-bond acceptors (Lipinski definition) is 3. The molecule has 1 aliphatic carbocycles. The van der Waals surface area contributed by atoms with Gasteiger partial charge in [0, 0.05) is 17.1 Å². The number of ether oxygens (including phenoxy) is 2. The van der Waals surface area contributed by atoms with Crippen molar-refractivity contribution in [3.05, 3.63) is 57.8 Å². The molecule has 5 heteroatoms. The molecule has 1 N–H and O–H groups in total. The van der Waals surface area contributed by atoms with Gasteiger partial charge >= 0.3 is 0 Å². The Morgan fingerprint density at radius 2 is 1.74 bits per heavy atom. The molecule has 27 heavy (non-hydrogen) atoms. The summed E-state index contributed by atoms with van der Waals surface area (Å²) in [5.41, 5.74) is 2.08. The van der Waals surface area contributed by atoms with E-state index in [2.05, 4.69) is 21.2 Å². The first-order valence-corrected chi connectivity index (χ1v) is 10.5. The van der Waals surface area contributed by atoms with Crippen molar-refractivity contribution in [1.29, 1.82) is 0 Å². The fraction of sp³-hybridized carbons (Fsp3) is 0.455. The Labute approximate surface area is 169 Å². The molecule has 0 heterocycles. The zero-order valence-corrected chi connectivity index (χ0v) is 17.4. The molecular formula is C22H27BrFNO2. The molecule has 1 saturated carbocycles. The molecule has 1 aliphatic rings. The van der Waals surface area contributed by atoms with Crippen molar-refractivity contribution in [3.63, 3.8) is 0 Å². The Morgan fingerprint density at radius 3 is 2.44 bits per heavy atom. The highest BCUT2D eigenvalue weighted by atomic mass is 79.9. The fourth-order valence-corrected chi connectivity index (χ4v) is 3.86. The monoisotopic (exact) mass is 435 g/mol. The first-order valence-electron chi connectivity index (χ1n) is 9.71. The van der Waals surface area contributed by atoms with Crippen molar-refractivity contribution in [2.75, 3.05) is 6.61 Å². The zero-order valence-electron chi connectivity index (χ0n) is 15.8. The summed E-state index contributed by atoms with van der Waals surface area (Å²) in [4.78, 5) is 0. The van der Waals surface area contributed by atoms with Gasteiger partial charge in [-0.3, -0.25) is 0 Å². The lowest BCUT2D eigenvalue weighted by Crippen LogP contribution is -2.30. The Bertz CT molecular complexity index is 730. The molecule has 3 rings (SSSR count). The number of rotatable bonds is 8. The number of benzene rings is 2. The van der Waals surface area contributed by atoms with Crippen LogP contribution in [-0.4, -0.2) is 12.6 Å². The van der Waals surface area contributed by atoms with Gasteiger partial charge < -0.3 is 14.8 Å². The third kappa shape index (κ3) is 5.94. The zero-order chi connectivity index (χ0) is 19.1. The average Bonchev–Trinajstić information content (AvgIpc) is 2.69. The lowest BCUT2D eigenvalue weighted by atomic mass is 9.95. The van der Waals surface area contributed by atoms with E-state index in [1.807, 2.05) is 19.1 Å². The van der Waals surface area contributed by atoms with Crippen LogP contribution in [0, 0.1) is 5.82 Å². The second-order valence-corrected chi connectivity index (χ2v) is 7.81. The van der Waals surface area contributed by atoms with Crippen LogP contribution in [0.1, 0.15) is 50.2 Å². The highest BCUT2D eigenvalue weighted by molar-refractivity contribution is 9.10. The van der Waals surface area contributed by atoms with E-state index >= 15 is 0 Å². The number of hydrogen-bond donors (Lipinski definition) is 1. The van der Waals surface area contributed by atoms with E-state index in [1.54, 1.807) is 12.1 Å². The molecular weight excluding hydrogens is 409 g/mol. The van der Waals surface area contributed by atoms with Gasteiger partial charge in [-0.25, -0.2) is 4.39 Å². The van der Waals surface area contributed by atoms with Crippen LogP contribution in [0.25, 0.3) is 0 Å². The number of halogens is 2. The second kappa shape index (κ2) is 10.1. The highest BCUT2D eigenvalue weighted by Crippen LogP contribution is 2.34. The van der Waals surface area contributed by atoms with Crippen LogP contribution < -0.4 is 14.8 Å². The van der Waals surface area contributed by atoms with E-state index < -0.39 is 0 Å². The normalized spacial score (nSPS) is 14.9. The van der Waals surface area contributed by atoms with Crippen molar-refractivity contribution < 1.29 is 13.9 Å². The molecule has 0 radical (unpaired) electrons. The molecule has 1 fully saturated rings. The molecule has 0 spiro atoms. The molecule has 2 aromatic carbocycles. The van der Waals surface area contributed by atoms with Gasteiger partial charge in [0.15, 0.2) is 11.5 Å². The lowest BCUT2D eigenvalue weighted by molar-refractivity contribution is 0.268. The van der Waals surface area contributed by atoms with E-state index in [0.29, 0.717) is 25.0 Å². The maximum Gasteiger partial charge on any atom is 0.162 e. The van der Waals surface area contributed by atoms with Gasteiger partial charge in [0.1, 0.15) is 12.4 Å². The summed E-state index contributed by atoms with van der Waals surface area (Å²) < 4.78 is 25.8. The molecule has 2 aromatic rings. The minimum absolute atomic E-state index is 0.244. The largest absolute Gasteiger partial charge is 0.490 e. The predicted octanol–water partition coefficient (Wildman–Crippen LogP) is 5.99. The maximum atomic E-state index is 13.0. The Kier molecular flexibility index (Phi) is 7.53. The van der Waals surface area contributed by atoms with Crippen LogP contribution in [0.4, 0.5) is 4.39 Å². The molecule has 0 aromatic heterocycles. The minimum Gasteiger partial charge on any atom is -0.490 e. The first kappa shape index (κ1) is 20.2. The standard InChI is InChI=1S/C22H27BrFNO2/c1-2-26-21-12-17(14-25-19-6-4-3-5-7-19)20(23)13-22(21)27-15-16-8-10-18(24)11-9-16/h8-13,19,25H,2-7,14-15H2,1H3. The Morgan fingerprint density at radius 1 is 1.04 bits per heavy atom. The molecule has 0 aliphatic heterocycles. The van der Waals surface area contributed by atoms with Gasteiger partial charge in [0.05, 0.1) is 6.61 Å². The summed E-state index contributed by atoms with van der Waals surface area (Å²) in [7, 11) is 0. The summed E-state index contributed by atoms with van der Waals surface area (Å²) in [6.45, 7) is 3.71. The van der Waals surface area contributed by atoms with Gasteiger partial charge in [-0.15, -0.1) is 0 Å². The van der Waals surface area contributed by atoms with Gasteiger partial charge in [-0.1, -0.05) is 47.3 Å². The topological polar surface area (TPSA) is 30.5 Å². The summed E-state index contributed by atoms with van der Waals surface area (Å²) in [6, 6.07) is 11.0. The Hall–Kier alpha value is -1.59. The predicted molar refractivity (Wildman–Crippen MR) is 110 cm³/mol. The molecule has 0 unspecified atom stereocenters. The summed E-state index contributed by atoms with van der Waals surface area (Å²) in [5, 5.41) is 3.67. The molecule has 3 nitrogen and oxygen atoms in total. The first-order chi connectivity index (χ1) is 13.2. The average molecular weight is 436 g/mol. The van der Waals surface area contributed by atoms with E-state index in [4.69, 9.17) is 9.47 Å². The maximum absolute atomic E-state index is 13.0. The fourth-order valence-electron chi connectivity index (χ4n) is 3.40. The van der Waals surface area contributed by atoms with Crippen LogP contribution in [0.3, 0.4) is 0 Å². The molecule has 0 amide bonds. The van der Waals surface area contributed by atoms with Crippen molar-refractivity contribution in [3.8, 4) is 11.5 Å². The van der Waals surface area contributed by atoms with Gasteiger partial charge in [0.2, 0.25) is 0 Å². The van der Waals surface area contributed by atoms with Crippen LogP contribution >= 0.6 is 15.9 Å². The molecule has 0 atom stereocenters. The van der Waals surface area contributed by atoms with E-state index in [-0.39, 0.29) is 5.82 Å². The van der Waals surface area contributed by atoms with E-state index in [0.717, 1.165) is 27.9 Å². The van der Waals surface area contributed by atoms with Gasteiger partial charge in [0.25, 0.3) is 0 Å². The van der Waals surface area contributed by atoms with Crippen molar-refractivity contribution in [1.82, 2.24) is 5.32 Å². The highest BCUT2D eigenvalue weighted by Gasteiger charge is 2.15. The van der Waals surface area contributed by atoms with Crippen LogP contribution in [-0.2, 0) is 13.2 Å². The van der Waals surface area contributed by atoms with Crippen LogP contribution in [0.15, 0.2) is 40.9 Å². The van der Waals surface area contributed by atoms with Crippen LogP contribution in [0.2, 0.25) is 0 Å². The summed E-state index contributed by atoms with van der Waals surface area (Å²) in [5.74, 6) is 1.18. The minimum atomic E-state index is -0.244. The molecule has 0 saturated heterocycles. The third-order valence-corrected chi connectivity index (χ3v) is 5.64. The van der Waals surface area contributed by atoms with E-state index in [9.17, 15) is 4.39 Å². The van der Waals surface area contributed by atoms with E-state index in [1.165, 1.54) is 44.2 Å². The van der Waals surface area contributed by atoms with Crippen molar-refractivity contribution in [2.45, 2.75) is 58.2 Å². The van der Waals surface area contributed by atoms with Gasteiger partial charge in [-0.05, 0) is 55.2 Å². The third-order valence-electron chi connectivity index (χ3n) is 4.91. The summed E-state index contributed by atoms with van der Waals surface area (Å²) in [6.07, 6.45) is 6.51. The molecule has 0 bridgehead atoms. The number of nitrogens with one attached hydrogen (secondary N) is 1. The second-order valence-electron chi connectivity index (χ2n) is 6.95. The van der Waals surface area contributed by atoms with Gasteiger partial charge in [-0.2, -0.15) is 0 Å². The molecule has 146 valence electrons. The van der Waals surface area contributed by atoms with Crippen LogP contribution in [0.5, 0.6) is 11.5 Å². The smallest absolute Gasteiger partial charge is 0.162 e. The SMILES string of the molecule is CCOc1cc(CNC2CCCCC2)c(Br)cc1OCc1ccc(F)cc1. The lowest BCUT2D eigenvalue weighted by Gasteiger charge is -2.23. The quantitative estimate of drug-likeness (QED) is 0.552. The summed E-state index contributed by atoms with van der Waals surface area (Å²) >= 11 is 3.67.